The van der Waals surface area contributed by atoms with Crippen molar-refractivity contribution in [1.82, 2.24) is 0 Å². The summed E-state index contributed by atoms with van der Waals surface area (Å²) in [6, 6.07) is 33.2. The van der Waals surface area contributed by atoms with Crippen LogP contribution in [0.1, 0.15) is 29.2 Å². The second-order valence-corrected chi connectivity index (χ2v) is 8.79. The average molecular weight is 463 g/mol. The highest BCUT2D eigenvalue weighted by Gasteiger charge is 2.30. The second kappa shape index (κ2) is 9.94. The molecular weight excluding hydrogens is 435 g/mol. The van der Waals surface area contributed by atoms with E-state index in [0.29, 0.717) is 0 Å². The quantitative estimate of drug-likeness (QED) is 0.289. The van der Waals surface area contributed by atoms with E-state index in [1.165, 1.54) is 12.1 Å². The predicted molar refractivity (Wildman–Crippen MR) is 144 cm³/mol. The third kappa shape index (κ3) is 5.14. The number of nitrogens with zero attached hydrogens (tertiary/aromatic N) is 4. The van der Waals surface area contributed by atoms with Crippen LogP contribution >= 0.6 is 0 Å². The number of hydrogen-bond acceptors (Lipinski definition) is 4. The largest absolute Gasteiger partial charge is 0.378 e. The van der Waals surface area contributed by atoms with Gasteiger partial charge in [0.05, 0.1) is 23.1 Å². The topological polar surface area (TPSA) is 31.2 Å². The molecule has 4 aromatic carbocycles. The van der Waals surface area contributed by atoms with Crippen LogP contribution in [0.3, 0.4) is 0 Å². The zero-order chi connectivity index (χ0) is 24.2. The van der Waals surface area contributed by atoms with Crippen molar-refractivity contribution in [2.75, 3.05) is 24.0 Å². The normalized spacial score (nSPS) is 15.5. The minimum Gasteiger partial charge on any atom is -0.378 e. The molecule has 35 heavy (non-hydrogen) atoms. The van der Waals surface area contributed by atoms with Gasteiger partial charge in [-0.1, -0.05) is 54.6 Å². The number of benzene rings is 4. The van der Waals surface area contributed by atoms with Crippen molar-refractivity contribution >= 4 is 29.0 Å². The summed E-state index contributed by atoms with van der Waals surface area (Å²) in [5.74, 6) is -0.235. The fourth-order valence-electron chi connectivity index (χ4n) is 4.22. The van der Waals surface area contributed by atoms with Crippen LogP contribution in [0.2, 0.25) is 0 Å². The molecule has 0 saturated heterocycles. The Morgan fingerprint density at radius 3 is 2.34 bits per heavy atom. The molecule has 5 heteroatoms. The van der Waals surface area contributed by atoms with Crippen LogP contribution in [0.15, 0.2) is 113 Å². The van der Waals surface area contributed by atoms with E-state index in [1.807, 2.05) is 79.9 Å². The first-order chi connectivity index (χ1) is 17.1. The maximum Gasteiger partial charge on any atom is 0.123 e. The molecule has 0 radical (unpaired) electrons. The van der Waals surface area contributed by atoms with Crippen LogP contribution in [0.4, 0.5) is 21.5 Å². The maximum atomic E-state index is 13.6. The lowest BCUT2D eigenvalue weighted by molar-refractivity contribution is 0.624. The first-order valence-electron chi connectivity index (χ1n) is 11.7. The van der Waals surface area contributed by atoms with E-state index in [4.69, 9.17) is 10.1 Å². The monoisotopic (exact) mass is 462 g/mol. The Morgan fingerprint density at radius 1 is 0.886 bits per heavy atom. The summed E-state index contributed by atoms with van der Waals surface area (Å²) in [5.41, 5.74) is 7.13. The lowest BCUT2D eigenvalue weighted by atomic mass is 9.98. The second-order valence-electron chi connectivity index (χ2n) is 8.79. The molecule has 5 rings (SSSR count). The molecule has 1 heterocycles. The van der Waals surface area contributed by atoms with Gasteiger partial charge in [0.15, 0.2) is 0 Å². The first-order valence-corrected chi connectivity index (χ1v) is 11.7. The average Bonchev–Trinajstić information content (AvgIpc) is 3.34. The number of hydrazone groups is 1. The molecule has 0 bridgehead atoms. The van der Waals surface area contributed by atoms with Gasteiger partial charge in [-0.3, -0.25) is 10.0 Å². The molecule has 0 aromatic heterocycles. The van der Waals surface area contributed by atoms with Crippen LogP contribution < -0.4 is 9.91 Å². The fourth-order valence-corrected chi connectivity index (χ4v) is 4.22. The SMILES string of the molecule is CN(C)c1ccc(C=Nc2cccc(C3=NN(c4ccccc4)C(c4ccc(F)cc4)C3)c2)cc1. The molecule has 1 aliphatic heterocycles. The molecule has 174 valence electrons. The van der Waals surface area contributed by atoms with Gasteiger partial charge in [0, 0.05) is 32.4 Å². The molecule has 0 fully saturated rings. The molecule has 0 aliphatic carbocycles. The number of rotatable bonds is 6. The van der Waals surface area contributed by atoms with Gasteiger partial charge in [-0.25, -0.2) is 4.39 Å². The number of anilines is 2. The molecule has 0 amide bonds. The van der Waals surface area contributed by atoms with E-state index in [1.54, 1.807) is 0 Å². The highest BCUT2D eigenvalue weighted by Crippen LogP contribution is 2.37. The molecule has 0 saturated carbocycles. The Hall–Kier alpha value is -4.25. The molecule has 0 spiro atoms. The van der Waals surface area contributed by atoms with Crippen molar-refractivity contribution in [2.24, 2.45) is 10.1 Å². The summed E-state index contributed by atoms with van der Waals surface area (Å²) < 4.78 is 13.6. The summed E-state index contributed by atoms with van der Waals surface area (Å²) in [7, 11) is 4.06. The minimum absolute atomic E-state index is 0.00429. The van der Waals surface area contributed by atoms with Gasteiger partial charge >= 0.3 is 0 Å². The van der Waals surface area contributed by atoms with Crippen molar-refractivity contribution in [1.29, 1.82) is 0 Å². The smallest absolute Gasteiger partial charge is 0.123 e. The van der Waals surface area contributed by atoms with Gasteiger partial charge in [-0.15, -0.1) is 0 Å². The summed E-state index contributed by atoms with van der Waals surface area (Å²) in [4.78, 5) is 6.77. The fraction of sp³-hybridized carbons (Fsp3) is 0.133. The molecule has 0 N–H and O–H groups in total. The first kappa shape index (κ1) is 22.5. The molecule has 1 aliphatic rings. The summed E-state index contributed by atoms with van der Waals surface area (Å²) >= 11 is 0. The number of halogens is 1. The predicted octanol–water partition coefficient (Wildman–Crippen LogP) is 7.00. The van der Waals surface area contributed by atoms with Gasteiger partial charge < -0.3 is 4.90 Å². The molecule has 1 atom stereocenters. The van der Waals surface area contributed by atoms with Crippen molar-refractivity contribution in [2.45, 2.75) is 12.5 Å². The van der Waals surface area contributed by atoms with Gasteiger partial charge in [-0.05, 0) is 65.2 Å². The van der Waals surface area contributed by atoms with Crippen LogP contribution in [-0.2, 0) is 0 Å². The minimum atomic E-state index is -0.235. The van der Waals surface area contributed by atoms with Crippen LogP contribution in [-0.4, -0.2) is 26.0 Å². The summed E-state index contributed by atoms with van der Waals surface area (Å²) in [5, 5.41) is 7.03. The van der Waals surface area contributed by atoms with Gasteiger partial charge in [0.2, 0.25) is 0 Å². The van der Waals surface area contributed by atoms with Crippen molar-refractivity contribution < 1.29 is 4.39 Å². The molecular formula is C30H27FN4. The van der Waals surface area contributed by atoms with Crippen molar-refractivity contribution in [3.8, 4) is 0 Å². The number of hydrogen-bond donors (Lipinski definition) is 0. The third-order valence-corrected chi connectivity index (χ3v) is 6.14. The molecule has 1 unspecified atom stereocenters. The zero-order valence-electron chi connectivity index (χ0n) is 19.8. The van der Waals surface area contributed by atoms with Crippen LogP contribution in [0.25, 0.3) is 0 Å². The van der Waals surface area contributed by atoms with Gasteiger partial charge in [-0.2, -0.15) is 5.10 Å². The zero-order valence-corrected chi connectivity index (χ0v) is 19.8. The van der Waals surface area contributed by atoms with E-state index in [-0.39, 0.29) is 11.9 Å². The summed E-state index contributed by atoms with van der Waals surface area (Å²) in [6.45, 7) is 0. The lowest BCUT2D eigenvalue weighted by Gasteiger charge is -2.23. The third-order valence-electron chi connectivity index (χ3n) is 6.14. The van der Waals surface area contributed by atoms with E-state index >= 15 is 0 Å². The molecule has 4 aromatic rings. The maximum absolute atomic E-state index is 13.6. The van der Waals surface area contributed by atoms with E-state index in [9.17, 15) is 4.39 Å². The Kier molecular flexibility index (Phi) is 6.40. The summed E-state index contributed by atoms with van der Waals surface area (Å²) in [6.07, 6.45) is 2.60. The Balaban J connectivity index is 1.42. The Morgan fingerprint density at radius 2 is 1.63 bits per heavy atom. The van der Waals surface area contributed by atoms with Crippen LogP contribution in [0, 0.1) is 5.82 Å². The lowest BCUT2D eigenvalue weighted by Crippen LogP contribution is -2.18. The van der Waals surface area contributed by atoms with E-state index < -0.39 is 0 Å². The Labute approximate surface area is 205 Å². The van der Waals surface area contributed by atoms with E-state index in [0.717, 1.165) is 45.9 Å². The van der Waals surface area contributed by atoms with Crippen molar-refractivity contribution in [3.05, 3.63) is 126 Å². The van der Waals surface area contributed by atoms with Gasteiger partial charge in [0.25, 0.3) is 0 Å². The van der Waals surface area contributed by atoms with Gasteiger partial charge in [0.1, 0.15) is 5.82 Å². The highest BCUT2D eigenvalue weighted by molar-refractivity contribution is 6.04. The van der Waals surface area contributed by atoms with Crippen molar-refractivity contribution in [3.63, 3.8) is 0 Å². The van der Waals surface area contributed by atoms with E-state index in [2.05, 4.69) is 41.3 Å². The highest BCUT2D eigenvalue weighted by atomic mass is 19.1. The van der Waals surface area contributed by atoms with Crippen LogP contribution in [0.5, 0.6) is 0 Å². The number of aliphatic imine (C=N–C) groups is 1. The Bertz CT molecular complexity index is 1340. The molecule has 4 nitrogen and oxygen atoms in total. The standard InChI is InChI=1S/C30H27FN4/c1-34(2)27-17-11-22(12-18-27)21-32-26-8-6-7-24(19-26)29-20-30(23-13-15-25(31)16-14-23)35(33-29)28-9-4-3-5-10-28/h3-19,21,30H,20H2,1-2H3. The number of para-hydroxylation sites is 1.